The minimum absolute atomic E-state index is 0.237. The van der Waals surface area contributed by atoms with E-state index in [9.17, 15) is 4.79 Å². The molecule has 0 aliphatic rings. The van der Waals surface area contributed by atoms with E-state index in [1.165, 1.54) is 0 Å². The van der Waals surface area contributed by atoms with Gasteiger partial charge < -0.3 is 5.32 Å². The Labute approximate surface area is 157 Å². The van der Waals surface area contributed by atoms with Crippen LogP contribution in [0.4, 0.5) is 0 Å². The van der Waals surface area contributed by atoms with Gasteiger partial charge in [0.2, 0.25) is 0 Å². The van der Waals surface area contributed by atoms with Crippen LogP contribution < -0.4 is 5.32 Å². The number of hydrogen-bond donors (Lipinski definition) is 1. The largest absolute Gasteiger partial charge is 0.341 e. The minimum atomic E-state index is -0.262. The standard InChI is InChI=1S/C21H17Cl2NO/c1-14-7-5-6-10-17(14)20(15-8-3-2-4-9-15)24-21(25)18-12-11-16(22)13-19(18)23/h2-13,20H,1H3,(H,24,25)/t20-/m0/s1. The van der Waals surface area contributed by atoms with Gasteiger partial charge in [0.05, 0.1) is 16.6 Å². The molecule has 0 aromatic heterocycles. The summed E-state index contributed by atoms with van der Waals surface area (Å²) in [4.78, 5) is 12.8. The van der Waals surface area contributed by atoms with Crippen LogP contribution in [-0.4, -0.2) is 5.91 Å². The topological polar surface area (TPSA) is 29.1 Å². The molecule has 1 atom stereocenters. The zero-order valence-corrected chi connectivity index (χ0v) is 15.2. The van der Waals surface area contributed by atoms with E-state index in [1.54, 1.807) is 18.2 Å². The molecule has 25 heavy (non-hydrogen) atoms. The molecule has 0 saturated heterocycles. The molecule has 0 aliphatic heterocycles. The van der Waals surface area contributed by atoms with Crippen molar-refractivity contribution in [3.63, 3.8) is 0 Å². The Bertz CT molecular complexity index is 893. The van der Waals surface area contributed by atoms with Gasteiger partial charge in [0.1, 0.15) is 0 Å². The normalized spacial score (nSPS) is 11.8. The Balaban J connectivity index is 1.98. The van der Waals surface area contributed by atoms with Crippen molar-refractivity contribution < 1.29 is 4.79 Å². The van der Waals surface area contributed by atoms with Crippen LogP contribution in [0.25, 0.3) is 0 Å². The third kappa shape index (κ3) is 4.04. The smallest absolute Gasteiger partial charge is 0.253 e. The number of carbonyl (C=O) groups excluding carboxylic acids is 1. The molecule has 0 unspecified atom stereocenters. The highest BCUT2D eigenvalue weighted by atomic mass is 35.5. The zero-order chi connectivity index (χ0) is 17.8. The maximum atomic E-state index is 12.8. The molecule has 0 saturated carbocycles. The molecule has 1 amide bonds. The van der Waals surface area contributed by atoms with Gasteiger partial charge >= 0.3 is 0 Å². The summed E-state index contributed by atoms with van der Waals surface area (Å²) in [5, 5.41) is 3.94. The molecular weight excluding hydrogens is 353 g/mol. The molecule has 126 valence electrons. The molecular formula is C21H17Cl2NO. The Kier molecular flexibility index (Phi) is 5.42. The second kappa shape index (κ2) is 7.73. The van der Waals surface area contributed by atoms with E-state index in [4.69, 9.17) is 23.2 Å². The van der Waals surface area contributed by atoms with Crippen molar-refractivity contribution in [2.75, 3.05) is 0 Å². The molecule has 1 N–H and O–H groups in total. The van der Waals surface area contributed by atoms with Crippen LogP contribution >= 0.6 is 23.2 Å². The van der Waals surface area contributed by atoms with Gasteiger partial charge in [-0.2, -0.15) is 0 Å². The van der Waals surface area contributed by atoms with Gasteiger partial charge in [-0.15, -0.1) is 0 Å². The van der Waals surface area contributed by atoms with Crippen molar-refractivity contribution in [2.24, 2.45) is 0 Å². The quantitative estimate of drug-likeness (QED) is 0.616. The summed E-state index contributed by atoms with van der Waals surface area (Å²) in [6.45, 7) is 2.03. The number of hydrogen-bond acceptors (Lipinski definition) is 1. The first-order chi connectivity index (χ1) is 12.1. The maximum Gasteiger partial charge on any atom is 0.253 e. The molecule has 0 aliphatic carbocycles. The van der Waals surface area contributed by atoms with E-state index in [1.807, 2.05) is 61.5 Å². The van der Waals surface area contributed by atoms with E-state index in [0.29, 0.717) is 15.6 Å². The van der Waals surface area contributed by atoms with Gasteiger partial charge in [0.15, 0.2) is 0 Å². The first-order valence-corrected chi connectivity index (χ1v) is 8.68. The number of amides is 1. The van der Waals surface area contributed by atoms with Gasteiger partial charge in [-0.25, -0.2) is 0 Å². The zero-order valence-electron chi connectivity index (χ0n) is 13.7. The van der Waals surface area contributed by atoms with Crippen molar-refractivity contribution in [3.05, 3.63) is 105 Å². The van der Waals surface area contributed by atoms with E-state index < -0.39 is 0 Å². The summed E-state index contributed by atoms with van der Waals surface area (Å²) < 4.78 is 0. The Morgan fingerprint density at radius 1 is 0.920 bits per heavy atom. The van der Waals surface area contributed by atoms with Crippen LogP contribution in [0.15, 0.2) is 72.8 Å². The Morgan fingerprint density at radius 2 is 1.60 bits per heavy atom. The number of halogens is 2. The molecule has 2 nitrogen and oxygen atoms in total. The van der Waals surface area contributed by atoms with Crippen molar-refractivity contribution in [3.8, 4) is 0 Å². The monoisotopic (exact) mass is 369 g/mol. The van der Waals surface area contributed by atoms with Gasteiger partial charge in [0, 0.05) is 5.02 Å². The third-order valence-electron chi connectivity index (χ3n) is 4.08. The first kappa shape index (κ1) is 17.5. The average molecular weight is 370 g/mol. The average Bonchev–Trinajstić information content (AvgIpc) is 2.61. The summed E-state index contributed by atoms with van der Waals surface area (Å²) in [5.41, 5.74) is 3.57. The fraction of sp³-hybridized carbons (Fsp3) is 0.0952. The molecule has 3 aromatic rings. The molecule has 0 heterocycles. The highest BCUT2D eigenvalue weighted by molar-refractivity contribution is 6.36. The van der Waals surface area contributed by atoms with Crippen LogP contribution in [0.1, 0.15) is 33.1 Å². The van der Waals surface area contributed by atoms with Crippen molar-refractivity contribution >= 4 is 29.1 Å². The lowest BCUT2D eigenvalue weighted by molar-refractivity contribution is 0.0943. The molecule has 0 fully saturated rings. The van der Waals surface area contributed by atoms with Gasteiger partial charge in [0.25, 0.3) is 5.91 Å². The highest BCUT2D eigenvalue weighted by Gasteiger charge is 2.20. The van der Waals surface area contributed by atoms with Crippen molar-refractivity contribution in [1.29, 1.82) is 0 Å². The summed E-state index contributed by atoms with van der Waals surface area (Å²) in [6, 6.07) is 22.5. The summed E-state index contributed by atoms with van der Waals surface area (Å²) in [5.74, 6) is -0.237. The summed E-state index contributed by atoms with van der Waals surface area (Å²) >= 11 is 12.1. The lowest BCUT2D eigenvalue weighted by atomic mass is 9.94. The van der Waals surface area contributed by atoms with Crippen LogP contribution in [-0.2, 0) is 0 Å². The predicted octanol–water partition coefficient (Wildman–Crippen LogP) is 5.82. The second-order valence-electron chi connectivity index (χ2n) is 5.80. The fourth-order valence-corrected chi connectivity index (χ4v) is 3.27. The van der Waals surface area contributed by atoms with E-state index >= 15 is 0 Å². The fourth-order valence-electron chi connectivity index (χ4n) is 2.78. The Hall–Kier alpha value is -2.29. The van der Waals surface area contributed by atoms with E-state index in [0.717, 1.165) is 16.7 Å². The maximum absolute atomic E-state index is 12.8. The van der Waals surface area contributed by atoms with Crippen LogP contribution in [0.2, 0.25) is 10.0 Å². The van der Waals surface area contributed by atoms with Gasteiger partial charge in [-0.1, -0.05) is 77.8 Å². The van der Waals surface area contributed by atoms with E-state index in [2.05, 4.69) is 5.32 Å². The molecule has 0 radical (unpaired) electrons. The molecule has 3 aromatic carbocycles. The predicted molar refractivity (Wildman–Crippen MR) is 103 cm³/mol. The summed E-state index contributed by atoms with van der Waals surface area (Å²) in [6.07, 6.45) is 0. The lowest BCUT2D eigenvalue weighted by Gasteiger charge is -2.22. The van der Waals surface area contributed by atoms with Crippen LogP contribution in [0.5, 0.6) is 0 Å². The number of aryl methyl sites for hydroxylation is 1. The Morgan fingerprint density at radius 3 is 2.28 bits per heavy atom. The van der Waals surface area contributed by atoms with Crippen LogP contribution in [0, 0.1) is 6.92 Å². The molecule has 0 spiro atoms. The molecule has 0 bridgehead atoms. The second-order valence-corrected chi connectivity index (χ2v) is 6.64. The van der Waals surface area contributed by atoms with Crippen molar-refractivity contribution in [1.82, 2.24) is 5.32 Å². The molecule has 3 rings (SSSR count). The number of rotatable bonds is 4. The van der Waals surface area contributed by atoms with Gasteiger partial charge in [-0.05, 0) is 41.8 Å². The lowest BCUT2D eigenvalue weighted by Crippen LogP contribution is -2.30. The highest BCUT2D eigenvalue weighted by Crippen LogP contribution is 2.27. The minimum Gasteiger partial charge on any atom is -0.341 e. The molecule has 4 heteroatoms. The van der Waals surface area contributed by atoms with Crippen LogP contribution in [0.3, 0.4) is 0 Å². The first-order valence-electron chi connectivity index (χ1n) is 7.92. The van der Waals surface area contributed by atoms with E-state index in [-0.39, 0.29) is 11.9 Å². The summed E-state index contributed by atoms with van der Waals surface area (Å²) in [7, 11) is 0. The SMILES string of the molecule is Cc1ccccc1[C@@H](NC(=O)c1ccc(Cl)cc1Cl)c1ccccc1. The number of carbonyl (C=O) groups is 1. The number of benzene rings is 3. The third-order valence-corrected chi connectivity index (χ3v) is 4.63. The van der Waals surface area contributed by atoms with Crippen molar-refractivity contribution in [2.45, 2.75) is 13.0 Å². The van der Waals surface area contributed by atoms with Gasteiger partial charge in [-0.3, -0.25) is 4.79 Å². The number of nitrogens with one attached hydrogen (secondary N) is 1.